The number of imidazole rings is 1. The fraction of sp³-hybridized carbons (Fsp3) is 0.526. The van der Waals surface area contributed by atoms with Crippen molar-refractivity contribution in [2.75, 3.05) is 6.61 Å². The highest BCUT2D eigenvalue weighted by Gasteiger charge is 2.23. The summed E-state index contributed by atoms with van der Waals surface area (Å²) in [4.78, 5) is 32.0. The lowest BCUT2D eigenvalue weighted by molar-refractivity contribution is -0.124. The van der Waals surface area contributed by atoms with Crippen molar-refractivity contribution in [1.29, 1.82) is 0 Å². The molecule has 0 aliphatic heterocycles. The van der Waals surface area contributed by atoms with Gasteiger partial charge in [-0.25, -0.2) is 4.98 Å². The summed E-state index contributed by atoms with van der Waals surface area (Å²) in [6, 6.07) is 4.24. The van der Waals surface area contributed by atoms with E-state index in [4.69, 9.17) is 0 Å². The van der Waals surface area contributed by atoms with Crippen LogP contribution in [0, 0.1) is 0 Å². The van der Waals surface area contributed by atoms with Crippen LogP contribution in [-0.2, 0) is 4.79 Å². The zero-order valence-corrected chi connectivity index (χ0v) is 14.8. The molecule has 2 aromatic rings. The van der Waals surface area contributed by atoms with Crippen LogP contribution in [0.3, 0.4) is 0 Å². The summed E-state index contributed by atoms with van der Waals surface area (Å²) in [7, 11) is 0. The molecule has 3 rings (SSSR count). The number of aliphatic hydroxyl groups excluding tert-OH is 1. The molecule has 0 saturated heterocycles. The monoisotopic (exact) mass is 358 g/mol. The molecule has 0 bridgehead atoms. The van der Waals surface area contributed by atoms with Crippen LogP contribution >= 0.6 is 0 Å². The molecule has 1 atom stereocenters. The lowest BCUT2D eigenvalue weighted by Crippen LogP contribution is -2.51. The third-order valence-electron chi connectivity index (χ3n) is 4.94. The Kier molecular flexibility index (Phi) is 6.22. The number of carbonyl (C=O) groups is 2. The maximum atomic E-state index is 12.5. The molecule has 1 aliphatic rings. The number of hydrogen-bond acceptors (Lipinski definition) is 4. The molecule has 7 nitrogen and oxygen atoms in total. The zero-order valence-electron chi connectivity index (χ0n) is 14.8. The molecule has 1 aromatic heterocycles. The Morgan fingerprint density at radius 3 is 2.65 bits per heavy atom. The minimum Gasteiger partial charge on any atom is -0.394 e. The van der Waals surface area contributed by atoms with Crippen LogP contribution in [0.5, 0.6) is 0 Å². The second kappa shape index (κ2) is 8.80. The predicted molar refractivity (Wildman–Crippen MR) is 98.7 cm³/mol. The number of hydrogen-bond donors (Lipinski definition) is 4. The van der Waals surface area contributed by atoms with Crippen molar-refractivity contribution in [2.24, 2.45) is 0 Å². The molecule has 7 heteroatoms. The third-order valence-corrected chi connectivity index (χ3v) is 4.94. The van der Waals surface area contributed by atoms with Gasteiger partial charge in [-0.1, -0.05) is 32.1 Å². The Morgan fingerprint density at radius 2 is 1.92 bits per heavy atom. The molecule has 1 aliphatic carbocycles. The van der Waals surface area contributed by atoms with Crippen molar-refractivity contribution in [1.82, 2.24) is 20.6 Å². The molecule has 140 valence electrons. The molecule has 1 fully saturated rings. The number of aliphatic hydroxyl groups is 1. The summed E-state index contributed by atoms with van der Waals surface area (Å²) >= 11 is 0. The van der Waals surface area contributed by atoms with Crippen LogP contribution in [0.25, 0.3) is 11.0 Å². The van der Waals surface area contributed by atoms with Gasteiger partial charge in [-0.3, -0.25) is 9.59 Å². The Bertz CT molecular complexity index is 750. The van der Waals surface area contributed by atoms with E-state index in [-0.39, 0.29) is 11.9 Å². The van der Waals surface area contributed by atoms with Gasteiger partial charge in [-0.05, 0) is 31.0 Å². The largest absolute Gasteiger partial charge is 0.394 e. The lowest BCUT2D eigenvalue weighted by atomic mass is 9.96. The van der Waals surface area contributed by atoms with Gasteiger partial charge in [0.1, 0.15) is 6.04 Å². The summed E-state index contributed by atoms with van der Waals surface area (Å²) in [6.07, 6.45) is 9.33. The van der Waals surface area contributed by atoms with E-state index in [2.05, 4.69) is 20.6 Å². The minimum absolute atomic E-state index is 0.120. The number of benzene rings is 1. The number of fused-ring (bicyclic) bond motifs is 1. The van der Waals surface area contributed by atoms with Gasteiger partial charge in [-0.15, -0.1) is 0 Å². The Labute approximate surface area is 152 Å². The zero-order chi connectivity index (χ0) is 18.4. The minimum atomic E-state index is -0.953. The topological polar surface area (TPSA) is 107 Å². The van der Waals surface area contributed by atoms with E-state index in [1.807, 2.05) is 0 Å². The molecule has 0 radical (unpaired) electrons. The maximum absolute atomic E-state index is 12.5. The highest BCUT2D eigenvalue weighted by molar-refractivity contribution is 5.99. The average Bonchev–Trinajstić information content (AvgIpc) is 3.09. The van der Waals surface area contributed by atoms with Crippen molar-refractivity contribution in [2.45, 2.75) is 57.0 Å². The van der Waals surface area contributed by atoms with Gasteiger partial charge >= 0.3 is 0 Å². The first-order chi connectivity index (χ1) is 12.7. The summed E-state index contributed by atoms with van der Waals surface area (Å²) in [6.45, 7) is -0.434. The summed E-state index contributed by atoms with van der Waals surface area (Å²) in [5.74, 6) is -0.720. The van der Waals surface area contributed by atoms with Crippen molar-refractivity contribution in [3.05, 3.63) is 30.1 Å². The van der Waals surface area contributed by atoms with E-state index in [0.717, 1.165) is 36.7 Å². The number of amides is 2. The molecule has 26 heavy (non-hydrogen) atoms. The first kappa shape index (κ1) is 18.4. The Hall–Kier alpha value is -2.41. The second-order valence-corrected chi connectivity index (χ2v) is 6.89. The number of H-pyrrole nitrogens is 1. The normalized spacial score (nSPS) is 17.3. The van der Waals surface area contributed by atoms with E-state index < -0.39 is 18.6 Å². The highest BCUT2D eigenvalue weighted by atomic mass is 16.3. The maximum Gasteiger partial charge on any atom is 0.252 e. The molecule has 1 unspecified atom stereocenters. The van der Waals surface area contributed by atoms with E-state index in [1.54, 1.807) is 24.5 Å². The van der Waals surface area contributed by atoms with Crippen LogP contribution in [0.2, 0.25) is 0 Å². The van der Waals surface area contributed by atoms with Crippen LogP contribution in [0.15, 0.2) is 24.5 Å². The number of aromatic nitrogens is 2. The van der Waals surface area contributed by atoms with Gasteiger partial charge in [0.2, 0.25) is 5.91 Å². The smallest absolute Gasteiger partial charge is 0.252 e. The van der Waals surface area contributed by atoms with Crippen LogP contribution < -0.4 is 10.6 Å². The van der Waals surface area contributed by atoms with Gasteiger partial charge in [-0.2, -0.15) is 0 Å². The van der Waals surface area contributed by atoms with Crippen molar-refractivity contribution >= 4 is 22.8 Å². The molecule has 2 amide bonds. The quantitative estimate of drug-likeness (QED) is 0.654. The first-order valence-electron chi connectivity index (χ1n) is 9.32. The fourth-order valence-electron chi connectivity index (χ4n) is 3.41. The van der Waals surface area contributed by atoms with Crippen LogP contribution in [-0.4, -0.2) is 45.6 Å². The van der Waals surface area contributed by atoms with Gasteiger partial charge in [0, 0.05) is 11.6 Å². The van der Waals surface area contributed by atoms with E-state index in [1.165, 1.54) is 19.3 Å². The van der Waals surface area contributed by atoms with Gasteiger partial charge in [0.05, 0.1) is 24.0 Å². The number of aromatic amines is 1. The second-order valence-electron chi connectivity index (χ2n) is 6.89. The van der Waals surface area contributed by atoms with Crippen molar-refractivity contribution < 1.29 is 14.7 Å². The highest BCUT2D eigenvalue weighted by Crippen LogP contribution is 2.17. The van der Waals surface area contributed by atoms with Gasteiger partial charge in [0.25, 0.3) is 5.91 Å². The molecule has 1 saturated carbocycles. The predicted octanol–water partition coefficient (Wildman–Crippen LogP) is 1.88. The number of carbonyl (C=O) groups excluding carboxylic acids is 2. The Balaban J connectivity index is 1.59. The third kappa shape index (κ3) is 4.60. The standard InChI is InChI=1S/C19H26N4O3/c24-11-17(19(26)22-14-6-4-2-1-3-5-7-14)23-18(25)13-8-9-15-16(10-13)21-12-20-15/h8-10,12,14,17,24H,1-7,11H2,(H,20,21)(H,22,26)(H,23,25). The number of nitrogens with one attached hydrogen (secondary N) is 3. The van der Waals surface area contributed by atoms with Gasteiger partial charge in [0.15, 0.2) is 0 Å². The van der Waals surface area contributed by atoms with Crippen molar-refractivity contribution in [3.63, 3.8) is 0 Å². The average molecular weight is 358 g/mol. The Morgan fingerprint density at radius 1 is 1.19 bits per heavy atom. The van der Waals surface area contributed by atoms with Crippen molar-refractivity contribution in [3.8, 4) is 0 Å². The molecule has 0 spiro atoms. The summed E-state index contributed by atoms with van der Waals surface area (Å²) in [5, 5.41) is 15.2. The SMILES string of the molecule is O=C(NC(CO)C(=O)NC1CCCCCCC1)c1ccc2nc[nH]c2c1. The molecular formula is C19H26N4O3. The molecule has 1 heterocycles. The van der Waals surface area contributed by atoms with Crippen LogP contribution in [0.4, 0.5) is 0 Å². The van der Waals surface area contributed by atoms with Gasteiger partial charge < -0.3 is 20.7 Å². The van der Waals surface area contributed by atoms with E-state index in [9.17, 15) is 14.7 Å². The summed E-state index contributed by atoms with van der Waals surface area (Å²) in [5.41, 5.74) is 1.93. The van der Waals surface area contributed by atoms with E-state index in [0.29, 0.717) is 5.56 Å². The van der Waals surface area contributed by atoms with E-state index >= 15 is 0 Å². The number of rotatable bonds is 5. The molecule has 4 N–H and O–H groups in total. The molecule has 1 aromatic carbocycles. The first-order valence-corrected chi connectivity index (χ1v) is 9.32. The fourth-order valence-corrected chi connectivity index (χ4v) is 3.41. The lowest BCUT2D eigenvalue weighted by Gasteiger charge is -2.24. The van der Waals surface area contributed by atoms with Crippen LogP contribution in [0.1, 0.15) is 55.3 Å². The summed E-state index contributed by atoms with van der Waals surface area (Å²) < 4.78 is 0. The number of nitrogens with zero attached hydrogens (tertiary/aromatic N) is 1. The molecular weight excluding hydrogens is 332 g/mol.